The number of benzene rings is 2. The molecule has 0 bridgehead atoms. The molecular formula is C17H16ClN3O2S. The summed E-state index contributed by atoms with van der Waals surface area (Å²) >= 11 is 11.2. The summed E-state index contributed by atoms with van der Waals surface area (Å²) in [5.74, 6) is 2.22. The van der Waals surface area contributed by atoms with Gasteiger partial charge in [-0.05, 0) is 67.7 Å². The maximum atomic E-state index is 5.94. The molecule has 1 heterocycles. The third kappa shape index (κ3) is 3.77. The van der Waals surface area contributed by atoms with Crippen LogP contribution < -0.4 is 9.47 Å². The Morgan fingerprint density at radius 3 is 2.29 bits per heavy atom. The molecule has 0 unspecified atom stereocenters. The van der Waals surface area contributed by atoms with Crippen LogP contribution in [0, 0.1) is 4.77 Å². The standard InChI is InChI=1S/C17H16ClN3O2S/c1-2-22-14-7-9-15(10-8-14)23-11-16-19-20-17(24)21(16)13-5-3-12(18)4-6-13/h3-10H,2,11H2,1H3,(H,20,24). The van der Waals surface area contributed by atoms with E-state index in [1.807, 2.05) is 60.0 Å². The third-order valence-electron chi connectivity index (χ3n) is 3.33. The number of nitrogens with zero attached hydrogens (tertiary/aromatic N) is 2. The molecule has 0 spiro atoms. The minimum Gasteiger partial charge on any atom is -0.494 e. The quantitative estimate of drug-likeness (QED) is 0.654. The molecule has 0 aliphatic rings. The fourth-order valence-corrected chi connectivity index (χ4v) is 2.61. The van der Waals surface area contributed by atoms with E-state index < -0.39 is 0 Å². The van der Waals surface area contributed by atoms with Gasteiger partial charge >= 0.3 is 0 Å². The first-order valence-corrected chi connectivity index (χ1v) is 8.24. The molecule has 1 N–H and O–H groups in total. The van der Waals surface area contributed by atoms with Gasteiger partial charge in [0, 0.05) is 10.7 Å². The van der Waals surface area contributed by atoms with Gasteiger partial charge in [0.25, 0.3) is 0 Å². The van der Waals surface area contributed by atoms with Crippen molar-refractivity contribution in [3.05, 3.63) is 64.1 Å². The highest BCUT2D eigenvalue weighted by Gasteiger charge is 2.09. The van der Waals surface area contributed by atoms with Crippen LogP contribution in [0.4, 0.5) is 0 Å². The van der Waals surface area contributed by atoms with Gasteiger partial charge < -0.3 is 9.47 Å². The highest BCUT2D eigenvalue weighted by molar-refractivity contribution is 7.71. The zero-order valence-corrected chi connectivity index (χ0v) is 14.6. The molecule has 7 heteroatoms. The first-order valence-electron chi connectivity index (χ1n) is 7.45. The molecule has 0 aliphatic heterocycles. The van der Waals surface area contributed by atoms with Crippen LogP contribution in [-0.2, 0) is 6.61 Å². The van der Waals surface area contributed by atoms with E-state index in [0.717, 1.165) is 17.2 Å². The van der Waals surface area contributed by atoms with Crippen LogP contribution in [-0.4, -0.2) is 21.4 Å². The van der Waals surface area contributed by atoms with Crippen molar-refractivity contribution in [2.75, 3.05) is 6.61 Å². The van der Waals surface area contributed by atoms with Crippen molar-refractivity contribution >= 4 is 23.8 Å². The van der Waals surface area contributed by atoms with Crippen molar-refractivity contribution < 1.29 is 9.47 Å². The second kappa shape index (κ2) is 7.51. The topological polar surface area (TPSA) is 52.1 Å². The monoisotopic (exact) mass is 361 g/mol. The first kappa shape index (κ1) is 16.5. The van der Waals surface area contributed by atoms with Crippen LogP contribution in [0.1, 0.15) is 12.7 Å². The summed E-state index contributed by atoms with van der Waals surface area (Å²) in [6.45, 7) is 2.86. The molecule has 0 radical (unpaired) electrons. The molecule has 0 saturated heterocycles. The van der Waals surface area contributed by atoms with Gasteiger partial charge in [0.1, 0.15) is 18.1 Å². The van der Waals surface area contributed by atoms with Crippen molar-refractivity contribution in [3.8, 4) is 17.2 Å². The van der Waals surface area contributed by atoms with E-state index in [9.17, 15) is 0 Å². The number of aromatic nitrogens is 3. The Hall–Kier alpha value is -2.31. The van der Waals surface area contributed by atoms with E-state index in [-0.39, 0.29) is 6.61 Å². The van der Waals surface area contributed by atoms with Crippen molar-refractivity contribution in [1.82, 2.24) is 14.8 Å². The average Bonchev–Trinajstić information content (AvgIpc) is 2.96. The Labute approximate surface area is 149 Å². The summed E-state index contributed by atoms with van der Waals surface area (Å²) in [6.07, 6.45) is 0. The fraction of sp³-hybridized carbons (Fsp3) is 0.176. The maximum absolute atomic E-state index is 5.94. The number of nitrogens with one attached hydrogen (secondary N) is 1. The van der Waals surface area contributed by atoms with Gasteiger partial charge in [0.05, 0.1) is 6.61 Å². The minimum atomic E-state index is 0.281. The second-order valence-corrected chi connectivity index (χ2v) is 5.77. The molecule has 3 rings (SSSR count). The second-order valence-electron chi connectivity index (χ2n) is 4.95. The Balaban J connectivity index is 1.76. The van der Waals surface area contributed by atoms with Crippen molar-refractivity contribution in [2.45, 2.75) is 13.5 Å². The molecule has 0 saturated carbocycles. The summed E-state index contributed by atoms with van der Waals surface area (Å²) < 4.78 is 13.5. The average molecular weight is 362 g/mol. The van der Waals surface area contributed by atoms with Crippen LogP contribution >= 0.6 is 23.8 Å². The van der Waals surface area contributed by atoms with E-state index in [0.29, 0.717) is 22.2 Å². The largest absolute Gasteiger partial charge is 0.494 e. The third-order valence-corrected chi connectivity index (χ3v) is 3.86. The summed E-state index contributed by atoms with van der Waals surface area (Å²) in [5, 5.41) is 7.70. The normalized spacial score (nSPS) is 10.6. The number of H-pyrrole nitrogens is 1. The van der Waals surface area contributed by atoms with E-state index in [1.165, 1.54) is 0 Å². The molecule has 24 heavy (non-hydrogen) atoms. The van der Waals surface area contributed by atoms with Crippen LogP contribution in [0.5, 0.6) is 11.5 Å². The highest BCUT2D eigenvalue weighted by atomic mass is 35.5. The smallest absolute Gasteiger partial charge is 0.199 e. The number of halogens is 1. The van der Waals surface area contributed by atoms with Gasteiger partial charge in [-0.15, -0.1) is 0 Å². The summed E-state index contributed by atoms with van der Waals surface area (Å²) in [5.41, 5.74) is 0.878. The number of ether oxygens (including phenoxy) is 2. The van der Waals surface area contributed by atoms with Crippen molar-refractivity contribution in [1.29, 1.82) is 0 Å². The van der Waals surface area contributed by atoms with Crippen molar-refractivity contribution in [2.24, 2.45) is 0 Å². The zero-order valence-electron chi connectivity index (χ0n) is 13.0. The Morgan fingerprint density at radius 2 is 1.67 bits per heavy atom. The molecule has 0 atom stereocenters. The van der Waals surface area contributed by atoms with Gasteiger partial charge in [0.2, 0.25) is 0 Å². The first-order chi connectivity index (χ1) is 11.7. The lowest BCUT2D eigenvalue weighted by Crippen LogP contribution is -2.05. The van der Waals surface area contributed by atoms with E-state index >= 15 is 0 Å². The summed E-state index contributed by atoms with van der Waals surface area (Å²) in [4.78, 5) is 0. The molecule has 0 aliphatic carbocycles. The molecule has 124 valence electrons. The van der Waals surface area contributed by atoms with Crippen LogP contribution in [0.3, 0.4) is 0 Å². The Morgan fingerprint density at radius 1 is 1.04 bits per heavy atom. The number of rotatable bonds is 6. The van der Waals surface area contributed by atoms with Gasteiger partial charge in [0.15, 0.2) is 10.6 Å². The number of aromatic amines is 1. The van der Waals surface area contributed by atoms with Gasteiger partial charge in [-0.3, -0.25) is 9.67 Å². The highest BCUT2D eigenvalue weighted by Crippen LogP contribution is 2.20. The van der Waals surface area contributed by atoms with Gasteiger partial charge in [-0.2, -0.15) is 5.10 Å². The van der Waals surface area contributed by atoms with Crippen LogP contribution in [0.25, 0.3) is 5.69 Å². The number of hydrogen-bond acceptors (Lipinski definition) is 4. The van der Waals surface area contributed by atoms with Gasteiger partial charge in [-0.25, -0.2) is 0 Å². The lowest BCUT2D eigenvalue weighted by Gasteiger charge is -2.09. The van der Waals surface area contributed by atoms with Crippen LogP contribution in [0.2, 0.25) is 5.02 Å². The van der Waals surface area contributed by atoms with E-state index in [2.05, 4.69) is 10.2 Å². The lowest BCUT2D eigenvalue weighted by atomic mass is 10.3. The molecule has 0 fully saturated rings. The molecule has 2 aromatic carbocycles. The Kier molecular flexibility index (Phi) is 5.17. The predicted octanol–water partition coefficient (Wildman–Crippen LogP) is 4.56. The summed E-state index contributed by atoms with van der Waals surface area (Å²) in [7, 11) is 0. The maximum Gasteiger partial charge on any atom is 0.199 e. The molecular weight excluding hydrogens is 346 g/mol. The Bertz CT molecular complexity index is 857. The van der Waals surface area contributed by atoms with Crippen LogP contribution in [0.15, 0.2) is 48.5 Å². The predicted molar refractivity (Wildman–Crippen MR) is 95.7 cm³/mol. The van der Waals surface area contributed by atoms with Gasteiger partial charge in [-0.1, -0.05) is 11.6 Å². The number of hydrogen-bond donors (Lipinski definition) is 1. The molecule has 0 amide bonds. The fourth-order valence-electron chi connectivity index (χ4n) is 2.23. The molecule has 3 aromatic rings. The molecule has 5 nitrogen and oxygen atoms in total. The lowest BCUT2D eigenvalue weighted by molar-refractivity contribution is 0.291. The van der Waals surface area contributed by atoms with Crippen molar-refractivity contribution in [3.63, 3.8) is 0 Å². The molecule has 1 aromatic heterocycles. The van der Waals surface area contributed by atoms with E-state index in [4.69, 9.17) is 33.3 Å². The summed E-state index contributed by atoms with van der Waals surface area (Å²) in [6, 6.07) is 14.8. The minimum absolute atomic E-state index is 0.281. The van der Waals surface area contributed by atoms with E-state index in [1.54, 1.807) is 0 Å². The zero-order chi connectivity index (χ0) is 16.9. The SMILES string of the molecule is CCOc1ccc(OCc2n[nH]c(=S)n2-c2ccc(Cl)cc2)cc1.